The number of anilines is 3. The summed E-state index contributed by atoms with van der Waals surface area (Å²) in [6.45, 7) is 0. The SMILES string of the molecule is C/N=C(\Oc1cc2ccccc2cc1-c1ccc(-c2ccccc2N(c2cccc(-c3ccccc3)c2)c2cccc3c2oc2ccccc23)cc1)c1ccc(-c2ccccc2)cc1. The van der Waals surface area contributed by atoms with Crippen LogP contribution >= 0.6 is 0 Å². The van der Waals surface area contributed by atoms with Gasteiger partial charge in [0.05, 0.1) is 11.4 Å². The Bertz CT molecular complexity index is 3460. The Morgan fingerprint density at radius 1 is 0.422 bits per heavy atom. The average molecular weight is 823 g/mol. The zero-order chi connectivity index (χ0) is 42.8. The molecule has 0 radical (unpaired) electrons. The van der Waals surface area contributed by atoms with Crippen molar-refractivity contribution >= 4 is 55.7 Å². The molecule has 304 valence electrons. The molecule has 10 aromatic carbocycles. The Hall–Kier alpha value is -8.47. The van der Waals surface area contributed by atoms with Crippen molar-refractivity contribution in [3.63, 3.8) is 0 Å². The van der Waals surface area contributed by atoms with Crippen LogP contribution < -0.4 is 9.64 Å². The van der Waals surface area contributed by atoms with E-state index in [1.807, 2.05) is 18.2 Å². The quantitative estimate of drug-likeness (QED) is 0.107. The number of hydrogen-bond donors (Lipinski definition) is 0. The summed E-state index contributed by atoms with van der Waals surface area (Å²) in [5.41, 5.74) is 14.4. The van der Waals surface area contributed by atoms with Crippen LogP contribution in [0.4, 0.5) is 17.1 Å². The first-order chi connectivity index (χ1) is 31.7. The molecule has 0 bridgehead atoms. The summed E-state index contributed by atoms with van der Waals surface area (Å²) in [7, 11) is 1.78. The van der Waals surface area contributed by atoms with Crippen LogP contribution in [0.3, 0.4) is 0 Å². The highest BCUT2D eigenvalue weighted by Gasteiger charge is 2.23. The van der Waals surface area contributed by atoms with Crippen molar-refractivity contribution in [2.75, 3.05) is 11.9 Å². The van der Waals surface area contributed by atoms with E-state index in [0.717, 1.165) is 100 Å². The fourth-order valence-electron chi connectivity index (χ4n) is 8.82. The molecule has 0 unspecified atom stereocenters. The van der Waals surface area contributed by atoms with Crippen molar-refractivity contribution in [1.82, 2.24) is 0 Å². The van der Waals surface area contributed by atoms with E-state index in [1.54, 1.807) is 7.05 Å². The van der Waals surface area contributed by atoms with Crippen molar-refractivity contribution in [2.24, 2.45) is 4.99 Å². The van der Waals surface area contributed by atoms with E-state index >= 15 is 0 Å². The molecule has 0 aliphatic heterocycles. The first kappa shape index (κ1) is 38.5. The van der Waals surface area contributed by atoms with Crippen molar-refractivity contribution in [3.05, 3.63) is 242 Å². The van der Waals surface area contributed by atoms with Crippen molar-refractivity contribution in [2.45, 2.75) is 0 Å². The largest absolute Gasteiger partial charge is 0.454 e. The van der Waals surface area contributed by atoms with E-state index in [0.29, 0.717) is 5.90 Å². The Morgan fingerprint density at radius 3 is 1.72 bits per heavy atom. The smallest absolute Gasteiger partial charge is 0.221 e. The maximum atomic E-state index is 6.79. The van der Waals surface area contributed by atoms with Crippen LogP contribution in [0.1, 0.15) is 5.56 Å². The van der Waals surface area contributed by atoms with Gasteiger partial charge in [-0.3, -0.25) is 4.99 Å². The number of benzene rings is 10. The molecular formula is C60H42N2O2. The van der Waals surface area contributed by atoms with E-state index in [-0.39, 0.29) is 0 Å². The van der Waals surface area contributed by atoms with E-state index in [9.17, 15) is 0 Å². The molecule has 0 amide bonds. The zero-order valence-corrected chi connectivity index (χ0v) is 35.2. The Morgan fingerprint density at radius 2 is 0.969 bits per heavy atom. The second-order valence-electron chi connectivity index (χ2n) is 15.9. The number of para-hydroxylation sites is 3. The topological polar surface area (TPSA) is 38.0 Å². The van der Waals surface area contributed by atoms with E-state index < -0.39 is 0 Å². The molecule has 0 N–H and O–H groups in total. The number of ether oxygens (including phenoxy) is 1. The van der Waals surface area contributed by atoms with Crippen LogP contribution in [0.5, 0.6) is 5.75 Å². The highest BCUT2D eigenvalue weighted by molar-refractivity contribution is 6.11. The molecule has 0 atom stereocenters. The van der Waals surface area contributed by atoms with Crippen molar-refractivity contribution in [3.8, 4) is 50.3 Å². The van der Waals surface area contributed by atoms with Gasteiger partial charge in [0.2, 0.25) is 5.90 Å². The minimum atomic E-state index is 0.553. The molecule has 0 spiro atoms. The predicted molar refractivity (Wildman–Crippen MR) is 267 cm³/mol. The van der Waals surface area contributed by atoms with Gasteiger partial charge in [0.15, 0.2) is 5.58 Å². The fourth-order valence-corrected chi connectivity index (χ4v) is 8.82. The molecule has 11 rings (SSSR count). The average Bonchev–Trinajstić information content (AvgIpc) is 3.76. The van der Waals surface area contributed by atoms with Crippen LogP contribution in [0.2, 0.25) is 0 Å². The molecule has 0 aliphatic carbocycles. The maximum absolute atomic E-state index is 6.79. The zero-order valence-electron chi connectivity index (χ0n) is 35.2. The fraction of sp³-hybridized carbons (Fsp3) is 0.0167. The van der Waals surface area contributed by atoms with Gasteiger partial charge >= 0.3 is 0 Å². The minimum Gasteiger partial charge on any atom is -0.454 e. The lowest BCUT2D eigenvalue weighted by Crippen LogP contribution is -2.11. The summed E-state index contributed by atoms with van der Waals surface area (Å²) >= 11 is 0. The van der Waals surface area contributed by atoms with Gasteiger partial charge in [0.1, 0.15) is 11.3 Å². The molecule has 1 aromatic heterocycles. The molecule has 11 aromatic rings. The van der Waals surface area contributed by atoms with Crippen molar-refractivity contribution < 1.29 is 9.15 Å². The standard InChI is InChI=1S/C60H42N2O2/c1-61-60(46-36-30-43(31-37-46)41-16-4-2-5-17-41)64-58-40-49-21-9-8-20-48(49)39-54(58)45-34-32-44(33-35-45)51-24-10-12-27-55(51)62(50-23-14-22-47(38-50)42-18-6-3-7-19-42)56-28-15-26-53-52-25-11-13-29-57(52)63-59(53)56/h2-40H,1H3/b61-60-. The van der Waals surface area contributed by atoms with Gasteiger partial charge in [-0.15, -0.1) is 0 Å². The molecular weight excluding hydrogens is 781 g/mol. The molecule has 4 heteroatoms. The summed E-state index contributed by atoms with van der Waals surface area (Å²) in [6, 6.07) is 83.0. The van der Waals surface area contributed by atoms with Crippen LogP contribution in [0.15, 0.2) is 246 Å². The first-order valence-corrected chi connectivity index (χ1v) is 21.6. The second-order valence-corrected chi connectivity index (χ2v) is 15.9. The molecule has 64 heavy (non-hydrogen) atoms. The summed E-state index contributed by atoms with van der Waals surface area (Å²) in [4.78, 5) is 6.98. The van der Waals surface area contributed by atoms with Gasteiger partial charge in [-0.2, -0.15) is 0 Å². The minimum absolute atomic E-state index is 0.553. The number of furan rings is 1. The maximum Gasteiger partial charge on any atom is 0.221 e. The van der Waals surface area contributed by atoms with Gasteiger partial charge in [-0.1, -0.05) is 182 Å². The van der Waals surface area contributed by atoms with E-state index in [4.69, 9.17) is 9.15 Å². The van der Waals surface area contributed by atoms with Crippen LogP contribution in [-0.4, -0.2) is 12.9 Å². The monoisotopic (exact) mass is 822 g/mol. The highest BCUT2D eigenvalue weighted by atomic mass is 16.5. The summed E-state index contributed by atoms with van der Waals surface area (Å²) < 4.78 is 13.5. The van der Waals surface area contributed by atoms with Crippen LogP contribution in [0, 0.1) is 0 Å². The van der Waals surface area contributed by atoms with Gasteiger partial charge in [0, 0.05) is 40.2 Å². The number of hydrogen-bond acceptors (Lipinski definition) is 4. The highest BCUT2D eigenvalue weighted by Crippen LogP contribution is 2.46. The second kappa shape index (κ2) is 16.8. The number of nitrogens with zero attached hydrogens (tertiary/aromatic N) is 2. The normalized spacial score (nSPS) is 11.6. The predicted octanol–water partition coefficient (Wildman–Crippen LogP) is 16.3. The Labute approximate surface area is 372 Å². The molecule has 0 saturated heterocycles. The number of rotatable bonds is 9. The van der Waals surface area contributed by atoms with Crippen LogP contribution in [0.25, 0.3) is 77.2 Å². The molecule has 0 fully saturated rings. The third-order valence-corrected chi connectivity index (χ3v) is 12.0. The van der Waals surface area contributed by atoms with Gasteiger partial charge in [-0.25, -0.2) is 0 Å². The summed E-state index contributed by atoms with van der Waals surface area (Å²) in [5, 5.41) is 4.40. The van der Waals surface area contributed by atoms with E-state index in [2.05, 4.69) is 228 Å². The lowest BCUT2D eigenvalue weighted by atomic mass is 9.96. The van der Waals surface area contributed by atoms with Crippen molar-refractivity contribution in [1.29, 1.82) is 0 Å². The molecule has 0 aliphatic rings. The van der Waals surface area contributed by atoms with Gasteiger partial charge in [0.25, 0.3) is 0 Å². The van der Waals surface area contributed by atoms with E-state index in [1.165, 1.54) is 5.56 Å². The number of fused-ring (bicyclic) bond motifs is 4. The third-order valence-electron chi connectivity index (χ3n) is 12.0. The molecule has 1 heterocycles. The molecule has 4 nitrogen and oxygen atoms in total. The van der Waals surface area contributed by atoms with Crippen LogP contribution in [-0.2, 0) is 0 Å². The Balaban J connectivity index is 1.00. The third kappa shape index (κ3) is 7.27. The number of aliphatic imine (C=N–C) groups is 1. The first-order valence-electron chi connectivity index (χ1n) is 21.6. The summed E-state index contributed by atoms with van der Waals surface area (Å²) in [5.74, 6) is 1.29. The lowest BCUT2D eigenvalue weighted by Gasteiger charge is -2.28. The van der Waals surface area contributed by atoms with Gasteiger partial charge in [-0.05, 0) is 98.8 Å². The summed E-state index contributed by atoms with van der Waals surface area (Å²) in [6.07, 6.45) is 0. The molecule has 0 saturated carbocycles. The Kier molecular flexibility index (Phi) is 10.1. The lowest BCUT2D eigenvalue weighted by molar-refractivity contribution is 0.554. The van der Waals surface area contributed by atoms with Gasteiger partial charge < -0.3 is 14.1 Å².